The Morgan fingerprint density at radius 2 is 1.94 bits per heavy atom. The van der Waals surface area contributed by atoms with Crippen molar-refractivity contribution in [2.75, 3.05) is 19.8 Å². The third-order valence-electron chi connectivity index (χ3n) is 5.91. The molecule has 176 valence electrons. The van der Waals surface area contributed by atoms with Crippen LogP contribution in [0.15, 0.2) is 42.4 Å². The Kier molecular flexibility index (Phi) is 4.58. The van der Waals surface area contributed by atoms with E-state index < -0.39 is 48.5 Å². The first-order chi connectivity index (χ1) is 18.6. The summed E-state index contributed by atoms with van der Waals surface area (Å²) < 4.78 is 53.3. The molecule has 3 heterocycles. The number of hydrogen-bond donors (Lipinski definition) is 1. The van der Waals surface area contributed by atoms with E-state index in [0.29, 0.717) is 11.1 Å². The number of hydrogen-bond acceptors (Lipinski definition) is 6. The van der Waals surface area contributed by atoms with Crippen LogP contribution in [0.4, 0.5) is 0 Å². The van der Waals surface area contributed by atoms with Crippen molar-refractivity contribution in [3.05, 3.63) is 64.6 Å². The fraction of sp³-hybridized carbons (Fsp3) is 0.360. The summed E-state index contributed by atoms with van der Waals surface area (Å²) in [7, 11) is 0. The number of fused-ring (bicyclic) bond motifs is 1. The first-order valence-corrected chi connectivity index (χ1v) is 10.9. The molecule has 34 heavy (non-hydrogen) atoms. The second-order valence-electron chi connectivity index (χ2n) is 8.13. The molecule has 1 N–H and O–H groups in total. The van der Waals surface area contributed by atoms with Crippen molar-refractivity contribution in [1.82, 2.24) is 15.1 Å². The largest absolute Gasteiger partial charge is 0.489 e. The standard InChI is InChI=1S/C25H25N3O6/c29-22-9-8-20(24(31)26-22)28-13-19-18(25(28)32)2-1-3-21(19)34-14-17-6-4-16(5-7-17)12-27-10-11-33-15-23(27)30/h1-7,20H,8-15H2,(H,26,29,31)/i4D,5D,6D,7D,12D. The van der Waals surface area contributed by atoms with Gasteiger partial charge in [-0.05, 0) is 29.7 Å². The second kappa shape index (κ2) is 9.26. The Hall–Kier alpha value is -3.72. The average Bonchev–Trinajstić information content (AvgIpc) is 3.24. The van der Waals surface area contributed by atoms with Crippen LogP contribution in [0.2, 0.25) is 0 Å². The van der Waals surface area contributed by atoms with Gasteiger partial charge in [-0.25, -0.2) is 0 Å². The molecule has 2 atom stereocenters. The van der Waals surface area contributed by atoms with Gasteiger partial charge in [-0.1, -0.05) is 30.2 Å². The summed E-state index contributed by atoms with van der Waals surface area (Å²) in [4.78, 5) is 51.6. The lowest BCUT2D eigenvalue weighted by atomic mass is 10.0. The maximum Gasteiger partial charge on any atom is 0.255 e. The van der Waals surface area contributed by atoms with Crippen LogP contribution in [0.5, 0.6) is 5.75 Å². The molecule has 0 aromatic heterocycles. The topological polar surface area (TPSA) is 105 Å². The maximum absolute atomic E-state index is 13.0. The van der Waals surface area contributed by atoms with Gasteiger partial charge < -0.3 is 19.3 Å². The van der Waals surface area contributed by atoms with Gasteiger partial charge in [0.15, 0.2) is 0 Å². The van der Waals surface area contributed by atoms with Crippen LogP contribution < -0.4 is 10.1 Å². The maximum atomic E-state index is 13.0. The second-order valence-corrected chi connectivity index (χ2v) is 8.13. The van der Waals surface area contributed by atoms with Gasteiger partial charge in [0.1, 0.15) is 25.0 Å². The number of rotatable bonds is 6. The zero-order chi connectivity index (χ0) is 28.0. The molecule has 0 bridgehead atoms. The summed E-state index contributed by atoms with van der Waals surface area (Å²) >= 11 is 0. The van der Waals surface area contributed by atoms with Crippen LogP contribution in [0.1, 0.15) is 46.7 Å². The van der Waals surface area contributed by atoms with Crippen molar-refractivity contribution in [2.24, 2.45) is 0 Å². The van der Waals surface area contributed by atoms with E-state index >= 15 is 0 Å². The Bertz CT molecular complexity index is 1370. The average molecular weight is 469 g/mol. The van der Waals surface area contributed by atoms with Crippen LogP contribution in [0.3, 0.4) is 0 Å². The van der Waals surface area contributed by atoms with E-state index in [1.807, 2.05) is 0 Å². The summed E-state index contributed by atoms with van der Waals surface area (Å²) in [5.41, 5.74) is 0.587. The van der Waals surface area contributed by atoms with Crippen LogP contribution in [-0.2, 0) is 38.8 Å². The third kappa shape index (κ3) is 4.38. The molecule has 9 nitrogen and oxygen atoms in total. The molecule has 2 aromatic carbocycles. The molecular weight excluding hydrogens is 438 g/mol. The molecule has 3 aliphatic heterocycles. The lowest BCUT2D eigenvalue weighted by molar-refractivity contribution is -0.143. The minimum absolute atomic E-state index is 0.0433. The smallest absolute Gasteiger partial charge is 0.255 e. The number of nitrogens with zero attached hydrogens (tertiary/aromatic N) is 2. The summed E-state index contributed by atoms with van der Waals surface area (Å²) in [5.74, 6) is -1.48. The van der Waals surface area contributed by atoms with E-state index in [1.165, 1.54) is 4.90 Å². The molecular formula is C25H25N3O6. The number of amides is 4. The van der Waals surface area contributed by atoms with Crippen molar-refractivity contribution in [3.8, 4) is 5.75 Å². The van der Waals surface area contributed by atoms with E-state index in [1.54, 1.807) is 18.2 Å². The van der Waals surface area contributed by atoms with Crippen molar-refractivity contribution in [1.29, 1.82) is 0 Å². The molecule has 0 saturated carbocycles. The van der Waals surface area contributed by atoms with Crippen LogP contribution in [-0.4, -0.2) is 59.2 Å². The highest BCUT2D eigenvalue weighted by atomic mass is 16.5. The quantitative estimate of drug-likeness (QED) is 0.643. The normalized spacial score (nSPS) is 23.4. The molecule has 2 fully saturated rings. The highest BCUT2D eigenvalue weighted by Crippen LogP contribution is 2.34. The van der Waals surface area contributed by atoms with Gasteiger partial charge >= 0.3 is 0 Å². The zero-order valence-electron chi connectivity index (χ0n) is 23.2. The van der Waals surface area contributed by atoms with Gasteiger partial charge in [-0.15, -0.1) is 0 Å². The summed E-state index contributed by atoms with van der Waals surface area (Å²) in [6, 6.07) is 2.35. The molecule has 5 rings (SSSR count). The van der Waals surface area contributed by atoms with Crippen LogP contribution in [0.25, 0.3) is 0 Å². The molecule has 9 heteroatoms. The van der Waals surface area contributed by atoms with E-state index in [-0.39, 0.29) is 74.4 Å². The van der Waals surface area contributed by atoms with Crippen molar-refractivity contribution in [3.63, 3.8) is 0 Å². The molecule has 0 aliphatic carbocycles. The van der Waals surface area contributed by atoms with E-state index in [9.17, 15) is 19.2 Å². The third-order valence-corrected chi connectivity index (χ3v) is 5.91. The Labute approximate surface area is 203 Å². The number of carbonyl (C=O) groups is 4. The molecule has 2 saturated heterocycles. The van der Waals surface area contributed by atoms with Gasteiger partial charge in [-0.3, -0.25) is 24.5 Å². The van der Waals surface area contributed by atoms with Gasteiger partial charge in [0, 0.05) is 30.6 Å². The van der Waals surface area contributed by atoms with E-state index in [2.05, 4.69) is 5.32 Å². The predicted octanol–water partition coefficient (Wildman–Crippen LogP) is 1.39. The highest BCUT2D eigenvalue weighted by molar-refractivity contribution is 6.05. The lowest BCUT2D eigenvalue weighted by Gasteiger charge is -2.29. The molecule has 0 radical (unpaired) electrons. The molecule has 2 aromatic rings. The van der Waals surface area contributed by atoms with E-state index in [0.717, 1.165) is 4.90 Å². The molecule has 2 unspecified atom stereocenters. The number of nitrogens with one attached hydrogen (secondary N) is 1. The SMILES string of the molecule is [2H]c1c([2H])c(C([2H])N2CCOCC2=O)c([2H])c([2H])c1COc1cccc2c1CN(C1CCC(=O)NC1=O)C2=O. The number of carbonyl (C=O) groups excluding carboxylic acids is 4. The highest BCUT2D eigenvalue weighted by Gasteiger charge is 2.40. The van der Waals surface area contributed by atoms with Gasteiger partial charge in [-0.2, -0.15) is 0 Å². The van der Waals surface area contributed by atoms with Crippen molar-refractivity contribution in [2.45, 2.75) is 38.6 Å². The van der Waals surface area contributed by atoms with Crippen LogP contribution >= 0.6 is 0 Å². The van der Waals surface area contributed by atoms with Gasteiger partial charge in [0.25, 0.3) is 5.91 Å². The lowest BCUT2D eigenvalue weighted by Crippen LogP contribution is -2.52. The minimum atomic E-state index is -1.42. The molecule has 4 amide bonds. The fourth-order valence-corrected chi connectivity index (χ4v) is 4.15. The number of ether oxygens (including phenoxy) is 2. The Balaban J connectivity index is 1.38. The first kappa shape index (κ1) is 16.8. The van der Waals surface area contributed by atoms with E-state index in [4.69, 9.17) is 16.3 Å². The number of morpholine rings is 1. The minimum Gasteiger partial charge on any atom is -0.489 e. The monoisotopic (exact) mass is 468 g/mol. The number of imide groups is 1. The summed E-state index contributed by atoms with van der Waals surface area (Å²) in [5, 5.41) is 2.25. The fourth-order valence-electron chi connectivity index (χ4n) is 4.15. The summed E-state index contributed by atoms with van der Waals surface area (Å²) in [6.07, 6.45) is 0.334. The Morgan fingerprint density at radius 3 is 2.71 bits per heavy atom. The van der Waals surface area contributed by atoms with Crippen molar-refractivity contribution >= 4 is 23.6 Å². The summed E-state index contributed by atoms with van der Waals surface area (Å²) in [6.45, 7) is -1.61. The molecule has 0 spiro atoms. The van der Waals surface area contributed by atoms with Gasteiger partial charge in [0.2, 0.25) is 17.7 Å². The number of benzene rings is 2. The van der Waals surface area contributed by atoms with Crippen molar-refractivity contribution < 1.29 is 35.5 Å². The predicted molar refractivity (Wildman–Crippen MR) is 119 cm³/mol. The molecule has 3 aliphatic rings. The van der Waals surface area contributed by atoms with Gasteiger partial charge in [0.05, 0.1) is 20.0 Å². The zero-order valence-corrected chi connectivity index (χ0v) is 18.2. The number of piperidine rings is 1. The first-order valence-electron chi connectivity index (χ1n) is 13.5. The Morgan fingerprint density at radius 1 is 1.15 bits per heavy atom. The van der Waals surface area contributed by atoms with Crippen LogP contribution in [0, 0.1) is 0 Å².